The van der Waals surface area contributed by atoms with Gasteiger partial charge in [0.1, 0.15) is 36.0 Å². The second-order valence-electron chi connectivity index (χ2n) is 17.4. The van der Waals surface area contributed by atoms with Gasteiger partial charge in [0.25, 0.3) is 0 Å². The summed E-state index contributed by atoms with van der Waals surface area (Å²) in [6.45, 7) is 10.2. The number of carboxylic acids is 2. The minimum atomic E-state index is -5.08. The molecule has 1 aliphatic rings. The Morgan fingerprint density at radius 1 is 0.859 bits per heavy atom. The van der Waals surface area contributed by atoms with Crippen LogP contribution in [0.1, 0.15) is 98.0 Å². The van der Waals surface area contributed by atoms with Crippen LogP contribution in [-0.2, 0) is 40.0 Å². The Bertz CT molecular complexity index is 1730. The lowest BCUT2D eigenvalue weighted by Crippen LogP contribution is -2.61. The van der Waals surface area contributed by atoms with Gasteiger partial charge in [-0.05, 0) is 94.6 Å². The minimum absolute atomic E-state index is 0.00650. The van der Waals surface area contributed by atoms with Gasteiger partial charge < -0.3 is 57.9 Å². The van der Waals surface area contributed by atoms with Crippen molar-refractivity contribution in [3.63, 3.8) is 0 Å². The lowest BCUT2D eigenvalue weighted by Gasteiger charge is -2.33. The molecule has 19 nitrogen and oxygen atoms in total. The highest BCUT2D eigenvalue weighted by Gasteiger charge is 2.41. The average Bonchev–Trinajstić information content (AvgIpc) is 3.67. The standard InChI is InChI=1S/C40H67N9O8.C2HF3O2/c1-25(2)23-30(38(56)57)46-36(54)33(40(3,4)5)47-34(52)29(24-26-16-18-27(50)19-17-26)45-35(53)31-14-12-22-49(31)37(55)28(13-11-20-43-39(41)42)44-32(51)15-9-8-10-21-48(6)7;3-2(4,5)1(6)7/h16-19,25,28-31,33,50H,8-15,20-24H2,1-7H3,(H,44,51)(H,45,53)(H,46,54)(H,47,52)(H,56,57)(H4,41,42,43);(H,6,7)/t28-,29-,30-,31-,33+;/m0./s1. The molecule has 5 amide bonds. The van der Waals surface area contributed by atoms with Crippen molar-refractivity contribution in [2.45, 2.75) is 135 Å². The maximum Gasteiger partial charge on any atom is 0.490 e. The summed E-state index contributed by atoms with van der Waals surface area (Å²) in [5, 5.41) is 37.7. The fraction of sp³-hybridized carbons (Fsp3) is 0.667. The van der Waals surface area contributed by atoms with Gasteiger partial charge in [-0.2, -0.15) is 13.2 Å². The molecule has 0 aliphatic carbocycles. The molecule has 1 aliphatic heterocycles. The van der Waals surface area contributed by atoms with Crippen molar-refractivity contribution in [1.82, 2.24) is 31.1 Å². The van der Waals surface area contributed by atoms with E-state index in [-0.39, 0.29) is 62.3 Å². The molecule has 0 spiro atoms. The first-order valence-corrected chi connectivity index (χ1v) is 21.2. The molecule has 0 bridgehead atoms. The molecule has 5 atom stereocenters. The third-order valence-electron chi connectivity index (χ3n) is 9.91. The summed E-state index contributed by atoms with van der Waals surface area (Å²) >= 11 is 0. The fourth-order valence-electron chi connectivity index (χ4n) is 6.63. The van der Waals surface area contributed by atoms with E-state index in [2.05, 4.69) is 31.2 Å². The number of aromatic hydroxyl groups is 1. The van der Waals surface area contributed by atoms with Crippen molar-refractivity contribution in [2.24, 2.45) is 27.8 Å². The van der Waals surface area contributed by atoms with Gasteiger partial charge in [-0.15, -0.1) is 0 Å². The summed E-state index contributed by atoms with van der Waals surface area (Å²) < 4.78 is 31.7. The van der Waals surface area contributed by atoms with E-state index < -0.39 is 77.4 Å². The van der Waals surface area contributed by atoms with E-state index in [0.29, 0.717) is 31.2 Å². The van der Waals surface area contributed by atoms with Gasteiger partial charge in [-0.25, -0.2) is 9.59 Å². The maximum absolute atomic E-state index is 14.1. The second kappa shape index (κ2) is 26.8. The van der Waals surface area contributed by atoms with Crippen molar-refractivity contribution in [3.8, 4) is 5.75 Å². The van der Waals surface area contributed by atoms with Gasteiger partial charge in [0.15, 0.2) is 5.96 Å². The number of halogens is 3. The molecule has 0 unspecified atom stereocenters. The zero-order valence-corrected chi connectivity index (χ0v) is 37.8. The van der Waals surface area contributed by atoms with Crippen LogP contribution in [0.4, 0.5) is 13.2 Å². The average molecular weight is 916 g/mol. The van der Waals surface area contributed by atoms with Crippen molar-refractivity contribution in [1.29, 1.82) is 0 Å². The fourth-order valence-corrected chi connectivity index (χ4v) is 6.63. The van der Waals surface area contributed by atoms with Crippen molar-refractivity contribution in [3.05, 3.63) is 29.8 Å². The van der Waals surface area contributed by atoms with E-state index in [0.717, 1.165) is 19.4 Å². The van der Waals surface area contributed by atoms with Gasteiger partial charge >= 0.3 is 18.1 Å². The number of rotatable bonds is 23. The molecule has 1 aromatic carbocycles. The van der Waals surface area contributed by atoms with Crippen molar-refractivity contribution >= 4 is 47.4 Å². The SMILES string of the molecule is CC(C)C[C@H](NC(=O)[C@@H](NC(=O)[C@H](Cc1ccc(O)cc1)NC(=O)[C@@H]1CCCN1C(=O)[C@H](CCCN=C(N)N)NC(=O)CCCCCN(C)C)C(C)(C)C)C(=O)O.O=C(O)C(F)(F)F. The van der Waals surface area contributed by atoms with Gasteiger partial charge in [0.05, 0.1) is 0 Å². The van der Waals surface area contributed by atoms with E-state index in [4.69, 9.17) is 21.4 Å². The second-order valence-corrected chi connectivity index (χ2v) is 17.4. The molecule has 1 heterocycles. The molecule has 11 N–H and O–H groups in total. The van der Waals surface area contributed by atoms with Crippen LogP contribution in [0.5, 0.6) is 5.75 Å². The number of carbonyl (C=O) groups is 7. The number of amides is 5. The number of hydrogen-bond acceptors (Lipinski definition) is 10. The Morgan fingerprint density at radius 3 is 1.98 bits per heavy atom. The summed E-state index contributed by atoms with van der Waals surface area (Å²) in [7, 11) is 3.97. The molecule has 22 heteroatoms. The molecule has 0 radical (unpaired) electrons. The lowest BCUT2D eigenvalue weighted by molar-refractivity contribution is -0.192. The first-order chi connectivity index (χ1) is 29.6. The summed E-state index contributed by atoms with van der Waals surface area (Å²) in [5.41, 5.74) is 10.7. The lowest BCUT2D eigenvalue weighted by atomic mass is 9.85. The number of nitrogens with two attached hydrogens (primary N) is 2. The van der Waals surface area contributed by atoms with E-state index in [9.17, 15) is 52.2 Å². The third kappa shape index (κ3) is 21.6. The van der Waals surface area contributed by atoms with E-state index in [1.807, 2.05) is 27.9 Å². The molecule has 0 saturated carbocycles. The van der Waals surface area contributed by atoms with E-state index in [1.54, 1.807) is 32.9 Å². The molecule has 1 fully saturated rings. The maximum atomic E-state index is 14.1. The van der Waals surface area contributed by atoms with E-state index >= 15 is 0 Å². The highest BCUT2D eigenvalue weighted by atomic mass is 19.4. The van der Waals surface area contributed by atoms with E-state index in [1.165, 1.54) is 17.0 Å². The number of nitrogens with one attached hydrogen (secondary N) is 4. The molecule has 362 valence electrons. The first-order valence-electron chi connectivity index (χ1n) is 21.2. The Balaban J connectivity index is 0.00000269. The predicted octanol–water partition coefficient (Wildman–Crippen LogP) is 1.85. The van der Waals surface area contributed by atoms with Gasteiger partial charge in [0, 0.05) is 25.9 Å². The summed E-state index contributed by atoms with van der Waals surface area (Å²) in [4.78, 5) is 97.2. The van der Waals surface area contributed by atoms with Crippen LogP contribution in [0.2, 0.25) is 0 Å². The van der Waals surface area contributed by atoms with Crippen LogP contribution >= 0.6 is 0 Å². The molecular formula is C42H68F3N9O10. The van der Waals surface area contributed by atoms with Gasteiger partial charge in [0.2, 0.25) is 29.5 Å². The number of carboxylic acid groups (broad SMARTS) is 2. The van der Waals surface area contributed by atoms with Crippen LogP contribution < -0.4 is 32.7 Å². The summed E-state index contributed by atoms with van der Waals surface area (Å²) in [6.07, 6.45) is -0.805. The van der Waals surface area contributed by atoms with Gasteiger partial charge in [-0.3, -0.25) is 29.0 Å². The topological polar surface area (TPSA) is 299 Å². The summed E-state index contributed by atoms with van der Waals surface area (Å²) in [5.74, 6) is -6.76. The zero-order valence-electron chi connectivity index (χ0n) is 37.8. The highest BCUT2D eigenvalue weighted by molar-refractivity contribution is 5.96. The minimum Gasteiger partial charge on any atom is -0.508 e. The normalized spacial score (nSPS) is 15.8. The zero-order chi connectivity index (χ0) is 48.9. The molecule has 2 rings (SSSR count). The Morgan fingerprint density at radius 2 is 1.47 bits per heavy atom. The number of guanidine groups is 1. The number of aliphatic carboxylic acids is 2. The molecule has 64 heavy (non-hydrogen) atoms. The smallest absolute Gasteiger partial charge is 0.490 e. The molecule has 0 aromatic heterocycles. The largest absolute Gasteiger partial charge is 0.508 e. The number of unbranched alkanes of at least 4 members (excludes halogenated alkanes) is 2. The number of benzene rings is 1. The number of likely N-dealkylation sites (tertiary alicyclic amines) is 1. The number of carbonyl (C=O) groups excluding carboxylic acids is 5. The predicted molar refractivity (Wildman–Crippen MR) is 231 cm³/mol. The van der Waals surface area contributed by atoms with Crippen LogP contribution in [0, 0.1) is 11.3 Å². The summed E-state index contributed by atoms with van der Waals surface area (Å²) in [6, 6.07) is 0.613. The monoisotopic (exact) mass is 916 g/mol. The first kappa shape index (κ1) is 56.3. The van der Waals surface area contributed by atoms with Crippen LogP contribution in [0.3, 0.4) is 0 Å². The number of hydrogen-bond donors (Lipinski definition) is 9. The Labute approximate surface area is 372 Å². The van der Waals surface area contributed by atoms with Crippen molar-refractivity contribution < 1.29 is 62.1 Å². The number of alkyl halides is 3. The number of phenols is 1. The number of aliphatic imine (C=N–C) groups is 1. The molecule has 1 aromatic rings. The van der Waals surface area contributed by atoms with Crippen LogP contribution in [-0.4, -0.2) is 143 Å². The Hall–Kier alpha value is -5.67. The molecule has 1 saturated heterocycles. The van der Waals surface area contributed by atoms with Crippen molar-refractivity contribution in [2.75, 3.05) is 33.7 Å². The van der Waals surface area contributed by atoms with Gasteiger partial charge in [-0.1, -0.05) is 53.2 Å². The Kier molecular flexibility index (Phi) is 23.6. The van der Waals surface area contributed by atoms with Crippen LogP contribution in [0.15, 0.2) is 29.3 Å². The number of nitrogens with zero attached hydrogens (tertiary/aromatic N) is 3. The third-order valence-corrected chi connectivity index (χ3v) is 9.91. The quantitative estimate of drug-likeness (QED) is 0.0431. The molecular weight excluding hydrogens is 848 g/mol. The van der Waals surface area contributed by atoms with Crippen LogP contribution in [0.25, 0.3) is 0 Å². The highest BCUT2D eigenvalue weighted by Crippen LogP contribution is 2.23. The number of phenolic OH excluding ortho intramolecular Hbond substituents is 1.